The van der Waals surface area contributed by atoms with Crippen LogP contribution in [0, 0.1) is 5.82 Å². The fourth-order valence-corrected chi connectivity index (χ4v) is 1.68. The van der Waals surface area contributed by atoms with E-state index in [1.165, 1.54) is 18.2 Å². The molecule has 0 fully saturated rings. The molecule has 0 aliphatic heterocycles. The Labute approximate surface area is 90.1 Å². The third-order valence-corrected chi connectivity index (χ3v) is 2.46. The number of benzene rings is 2. The van der Waals surface area contributed by atoms with E-state index in [1.54, 1.807) is 12.1 Å². The van der Waals surface area contributed by atoms with E-state index in [4.69, 9.17) is 0 Å². The van der Waals surface area contributed by atoms with E-state index in [-0.39, 0.29) is 10.9 Å². The molecule has 0 aliphatic rings. The van der Waals surface area contributed by atoms with E-state index in [0.29, 0.717) is 5.39 Å². The molecule has 0 saturated heterocycles. The second-order valence-electron chi connectivity index (χ2n) is 3.46. The third kappa shape index (κ3) is 1.76. The van der Waals surface area contributed by atoms with Gasteiger partial charge in [0, 0.05) is 5.39 Å². The Bertz CT molecular complexity index is 511. The van der Waals surface area contributed by atoms with Crippen LogP contribution in [0.25, 0.3) is 10.8 Å². The van der Waals surface area contributed by atoms with E-state index in [9.17, 15) is 18.3 Å². The predicted molar refractivity (Wildman–Crippen MR) is 54.9 cm³/mol. The van der Waals surface area contributed by atoms with Crippen LogP contribution in [-0.4, -0.2) is 11.5 Å². The van der Waals surface area contributed by atoms with Crippen LogP contribution in [0.4, 0.5) is 13.2 Å². The molecule has 0 saturated carbocycles. The summed E-state index contributed by atoms with van der Waals surface area (Å²) in [4.78, 5) is 0. The Kier molecular flexibility index (Phi) is 2.83. The first-order chi connectivity index (χ1) is 7.61. The van der Waals surface area contributed by atoms with Crippen molar-refractivity contribution < 1.29 is 18.3 Å². The Morgan fingerprint density at radius 2 is 1.56 bits per heavy atom. The number of alkyl halides is 2. The van der Waals surface area contributed by atoms with Crippen LogP contribution in [0.15, 0.2) is 36.4 Å². The van der Waals surface area contributed by atoms with Crippen LogP contribution in [0.1, 0.15) is 11.7 Å². The number of hydrogen-bond donors (Lipinski definition) is 1. The maximum atomic E-state index is 13.4. The first-order valence-corrected chi connectivity index (χ1v) is 4.74. The molecule has 1 N–H and O–H groups in total. The Balaban J connectivity index is 2.67. The summed E-state index contributed by atoms with van der Waals surface area (Å²) >= 11 is 0. The second-order valence-corrected chi connectivity index (χ2v) is 3.46. The van der Waals surface area contributed by atoms with Crippen molar-refractivity contribution >= 4 is 10.8 Å². The first-order valence-electron chi connectivity index (χ1n) is 4.74. The molecule has 1 atom stereocenters. The summed E-state index contributed by atoms with van der Waals surface area (Å²) < 4.78 is 38.2. The fourth-order valence-electron chi connectivity index (χ4n) is 1.68. The number of aliphatic hydroxyl groups excluding tert-OH is 1. The lowest BCUT2D eigenvalue weighted by molar-refractivity contribution is -0.00496. The molecule has 2 aromatic carbocycles. The normalized spacial score (nSPS) is 13.3. The average molecular weight is 226 g/mol. The molecule has 0 amide bonds. The van der Waals surface area contributed by atoms with Crippen molar-refractivity contribution in [1.82, 2.24) is 0 Å². The molecule has 0 aliphatic carbocycles. The highest BCUT2D eigenvalue weighted by Crippen LogP contribution is 2.29. The Morgan fingerprint density at radius 3 is 2.19 bits per heavy atom. The minimum Gasteiger partial charge on any atom is -0.382 e. The molecule has 84 valence electrons. The van der Waals surface area contributed by atoms with E-state index >= 15 is 0 Å². The predicted octanol–water partition coefficient (Wildman–Crippen LogP) is 3.28. The molecule has 4 heteroatoms. The lowest BCUT2D eigenvalue weighted by Crippen LogP contribution is -2.08. The van der Waals surface area contributed by atoms with Gasteiger partial charge in [0.15, 0.2) is 0 Å². The van der Waals surface area contributed by atoms with Gasteiger partial charge in [-0.1, -0.05) is 30.3 Å². The van der Waals surface area contributed by atoms with Gasteiger partial charge < -0.3 is 5.11 Å². The van der Waals surface area contributed by atoms with Gasteiger partial charge in [-0.25, -0.2) is 13.2 Å². The van der Waals surface area contributed by atoms with Gasteiger partial charge in [-0.15, -0.1) is 0 Å². The van der Waals surface area contributed by atoms with E-state index in [2.05, 4.69) is 0 Å². The third-order valence-electron chi connectivity index (χ3n) is 2.46. The van der Waals surface area contributed by atoms with Crippen molar-refractivity contribution in [1.29, 1.82) is 0 Å². The van der Waals surface area contributed by atoms with Crippen LogP contribution in [-0.2, 0) is 0 Å². The summed E-state index contributed by atoms with van der Waals surface area (Å²) in [5, 5.41) is 9.87. The number of halogens is 3. The molecule has 2 rings (SSSR count). The highest BCUT2D eigenvalue weighted by atomic mass is 19.3. The van der Waals surface area contributed by atoms with Gasteiger partial charge in [-0.2, -0.15) is 0 Å². The Hall–Kier alpha value is -1.55. The van der Waals surface area contributed by atoms with E-state index in [1.807, 2.05) is 0 Å². The standard InChI is InChI=1S/C12H9F3O/c13-10-6-5-9(11(16)12(14)15)7-3-1-2-4-8(7)10/h1-6,11-12,16H. The van der Waals surface area contributed by atoms with Crippen LogP contribution in [0.2, 0.25) is 0 Å². The highest BCUT2D eigenvalue weighted by molar-refractivity contribution is 5.86. The minimum absolute atomic E-state index is 0.0481. The highest BCUT2D eigenvalue weighted by Gasteiger charge is 2.21. The van der Waals surface area contributed by atoms with E-state index < -0.39 is 18.3 Å². The van der Waals surface area contributed by atoms with Crippen LogP contribution < -0.4 is 0 Å². The molecule has 0 radical (unpaired) electrons. The molecule has 0 bridgehead atoms. The Morgan fingerprint density at radius 1 is 0.938 bits per heavy atom. The van der Waals surface area contributed by atoms with Gasteiger partial charge in [0.05, 0.1) is 0 Å². The molecule has 1 unspecified atom stereocenters. The molecule has 1 nitrogen and oxygen atoms in total. The van der Waals surface area contributed by atoms with Gasteiger partial charge in [-0.3, -0.25) is 0 Å². The topological polar surface area (TPSA) is 20.2 Å². The summed E-state index contributed by atoms with van der Waals surface area (Å²) in [6, 6.07) is 8.51. The SMILES string of the molecule is OC(c1ccc(F)c2ccccc12)C(F)F. The second kappa shape index (κ2) is 4.14. The molecule has 16 heavy (non-hydrogen) atoms. The van der Waals surface area contributed by atoms with Gasteiger partial charge in [0.25, 0.3) is 6.43 Å². The number of aliphatic hydroxyl groups is 1. The maximum Gasteiger partial charge on any atom is 0.268 e. The lowest BCUT2D eigenvalue weighted by Gasteiger charge is -2.13. The quantitative estimate of drug-likeness (QED) is 0.833. The number of rotatable bonds is 2. The number of hydrogen-bond acceptors (Lipinski definition) is 1. The van der Waals surface area contributed by atoms with Crippen LogP contribution in [0.3, 0.4) is 0 Å². The van der Waals surface area contributed by atoms with Gasteiger partial charge in [-0.05, 0) is 17.0 Å². The molecule has 0 spiro atoms. The van der Waals surface area contributed by atoms with Crippen molar-refractivity contribution in [2.75, 3.05) is 0 Å². The van der Waals surface area contributed by atoms with E-state index in [0.717, 1.165) is 6.07 Å². The van der Waals surface area contributed by atoms with Gasteiger partial charge in [0.1, 0.15) is 11.9 Å². The zero-order chi connectivity index (χ0) is 11.7. The molecular formula is C12H9F3O. The smallest absolute Gasteiger partial charge is 0.268 e. The summed E-state index contributed by atoms with van der Waals surface area (Å²) in [5.41, 5.74) is 0.0481. The molecule has 2 aromatic rings. The summed E-state index contributed by atoms with van der Waals surface area (Å²) in [5.74, 6) is -0.485. The summed E-state index contributed by atoms with van der Waals surface area (Å²) in [6.07, 6.45) is -4.76. The molecule has 0 aromatic heterocycles. The number of fused-ring (bicyclic) bond motifs is 1. The fraction of sp³-hybridized carbons (Fsp3) is 0.167. The largest absolute Gasteiger partial charge is 0.382 e. The van der Waals surface area contributed by atoms with Crippen LogP contribution in [0.5, 0.6) is 0 Å². The van der Waals surface area contributed by atoms with Crippen molar-refractivity contribution in [2.24, 2.45) is 0 Å². The van der Waals surface area contributed by atoms with Crippen molar-refractivity contribution in [2.45, 2.75) is 12.5 Å². The zero-order valence-corrected chi connectivity index (χ0v) is 8.20. The minimum atomic E-state index is -2.88. The molecular weight excluding hydrogens is 217 g/mol. The van der Waals surface area contributed by atoms with Gasteiger partial charge >= 0.3 is 0 Å². The average Bonchev–Trinajstić information content (AvgIpc) is 2.29. The van der Waals surface area contributed by atoms with Crippen molar-refractivity contribution in [3.05, 3.63) is 47.8 Å². The maximum absolute atomic E-state index is 13.4. The summed E-state index contributed by atoms with van der Waals surface area (Å²) in [6.45, 7) is 0. The van der Waals surface area contributed by atoms with Crippen molar-refractivity contribution in [3.63, 3.8) is 0 Å². The monoisotopic (exact) mass is 226 g/mol. The molecule has 0 heterocycles. The summed E-state index contributed by atoms with van der Waals surface area (Å²) in [7, 11) is 0. The first kappa shape index (κ1) is 11.0. The zero-order valence-electron chi connectivity index (χ0n) is 8.20. The van der Waals surface area contributed by atoms with Crippen LogP contribution >= 0.6 is 0 Å². The van der Waals surface area contributed by atoms with Crippen molar-refractivity contribution in [3.8, 4) is 0 Å². The lowest BCUT2D eigenvalue weighted by atomic mass is 10.0. The van der Waals surface area contributed by atoms with Gasteiger partial charge in [0.2, 0.25) is 0 Å².